The van der Waals surface area contributed by atoms with Crippen LogP contribution in [0.5, 0.6) is 0 Å². The van der Waals surface area contributed by atoms with Crippen molar-refractivity contribution in [2.24, 2.45) is 0 Å². The Balaban J connectivity index is 2.18. The molecule has 2 nitrogen and oxygen atoms in total. The third kappa shape index (κ3) is 3.28. The summed E-state index contributed by atoms with van der Waals surface area (Å²) >= 11 is 1.44. The number of nitrogens with zero attached hydrogens (tertiary/aromatic N) is 1. The van der Waals surface area contributed by atoms with Gasteiger partial charge in [0.05, 0.1) is 6.10 Å². The molecule has 4 heteroatoms. The van der Waals surface area contributed by atoms with Gasteiger partial charge in [0.15, 0.2) is 0 Å². The predicted molar refractivity (Wildman–Crippen MR) is 65.4 cm³/mol. The average Bonchev–Trinajstić information content (AvgIpc) is 2.32. The first-order valence-electron chi connectivity index (χ1n) is 5.22. The molecule has 17 heavy (non-hydrogen) atoms. The predicted octanol–water partition coefficient (Wildman–Crippen LogP) is 3.43. The molecule has 0 amide bonds. The van der Waals surface area contributed by atoms with Gasteiger partial charge in [-0.3, -0.25) is 0 Å². The van der Waals surface area contributed by atoms with Gasteiger partial charge < -0.3 is 5.11 Å². The highest BCUT2D eigenvalue weighted by atomic mass is 32.2. The topological polar surface area (TPSA) is 33.1 Å². The summed E-state index contributed by atoms with van der Waals surface area (Å²) in [6.07, 6.45) is 1.15. The summed E-state index contributed by atoms with van der Waals surface area (Å²) in [4.78, 5) is 5.12. The van der Waals surface area contributed by atoms with Crippen molar-refractivity contribution in [2.45, 2.75) is 22.9 Å². The lowest BCUT2D eigenvalue weighted by Crippen LogP contribution is -1.92. The van der Waals surface area contributed by atoms with E-state index in [1.807, 2.05) is 6.07 Å². The Morgan fingerprint density at radius 3 is 2.59 bits per heavy atom. The molecule has 1 N–H and O–H groups in total. The molecule has 0 aliphatic rings. The number of aromatic nitrogens is 1. The van der Waals surface area contributed by atoms with Crippen molar-refractivity contribution >= 4 is 11.8 Å². The fourth-order valence-electron chi connectivity index (χ4n) is 1.36. The maximum absolute atomic E-state index is 12.7. The molecule has 0 saturated carbocycles. The molecule has 1 heterocycles. The second kappa shape index (κ2) is 5.29. The van der Waals surface area contributed by atoms with E-state index in [2.05, 4.69) is 4.98 Å². The summed E-state index contributed by atoms with van der Waals surface area (Å²) in [5.41, 5.74) is 0.824. The smallest absolute Gasteiger partial charge is 0.123 e. The molecule has 0 aliphatic heterocycles. The van der Waals surface area contributed by atoms with Gasteiger partial charge in [-0.15, -0.1) is 0 Å². The molecule has 2 aromatic rings. The zero-order chi connectivity index (χ0) is 12.3. The second-order valence-corrected chi connectivity index (χ2v) is 4.75. The normalized spacial score (nSPS) is 12.4. The van der Waals surface area contributed by atoms with E-state index >= 15 is 0 Å². The number of rotatable bonds is 3. The van der Waals surface area contributed by atoms with E-state index in [1.54, 1.807) is 31.3 Å². The molecule has 0 unspecified atom stereocenters. The van der Waals surface area contributed by atoms with E-state index in [0.29, 0.717) is 0 Å². The minimum atomic E-state index is -0.509. The van der Waals surface area contributed by atoms with Crippen LogP contribution in [-0.2, 0) is 0 Å². The first kappa shape index (κ1) is 12.1. The average molecular weight is 249 g/mol. The van der Waals surface area contributed by atoms with Crippen molar-refractivity contribution in [3.8, 4) is 0 Å². The van der Waals surface area contributed by atoms with Gasteiger partial charge >= 0.3 is 0 Å². The lowest BCUT2D eigenvalue weighted by molar-refractivity contribution is 0.199. The quantitative estimate of drug-likeness (QED) is 0.904. The van der Waals surface area contributed by atoms with Gasteiger partial charge in [0.2, 0.25) is 0 Å². The van der Waals surface area contributed by atoms with Crippen LogP contribution in [0.1, 0.15) is 18.6 Å². The van der Waals surface area contributed by atoms with Gasteiger partial charge in [0, 0.05) is 11.1 Å². The minimum Gasteiger partial charge on any atom is -0.389 e. The van der Waals surface area contributed by atoms with Crippen molar-refractivity contribution < 1.29 is 9.50 Å². The SMILES string of the molecule is C[C@@H](O)c1ccnc(Sc2ccc(F)cc2)c1. The Morgan fingerprint density at radius 2 is 1.94 bits per heavy atom. The lowest BCUT2D eigenvalue weighted by atomic mass is 10.2. The van der Waals surface area contributed by atoms with Crippen LogP contribution in [0.15, 0.2) is 52.5 Å². The molecule has 0 bridgehead atoms. The van der Waals surface area contributed by atoms with Crippen molar-refractivity contribution in [2.75, 3.05) is 0 Å². The number of benzene rings is 1. The first-order valence-corrected chi connectivity index (χ1v) is 6.04. The number of halogens is 1. The molecule has 0 spiro atoms. The molecule has 0 saturated heterocycles. The maximum Gasteiger partial charge on any atom is 0.123 e. The fourth-order valence-corrected chi connectivity index (χ4v) is 2.19. The molecule has 1 atom stereocenters. The fraction of sp³-hybridized carbons (Fsp3) is 0.154. The highest BCUT2D eigenvalue weighted by Gasteiger charge is 2.04. The van der Waals surface area contributed by atoms with E-state index in [-0.39, 0.29) is 5.82 Å². The molecule has 0 radical (unpaired) electrons. The highest BCUT2D eigenvalue weighted by molar-refractivity contribution is 7.99. The number of hydrogen-bond donors (Lipinski definition) is 1. The molecule has 1 aromatic heterocycles. The second-order valence-electron chi connectivity index (χ2n) is 3.66. The van der Waals surface area contributed by atoms with Gasteiger partial charge in [0.25, 0.3) is 0 Å². The number of pyridine rings is 1. The summed E-state index contributed by atoms with van der Waals surface area (Å²) in [5, 5.41) is 10.3. The van der Waals surface area contributed by atoms with E-state index in [0.717, 1.165) is 15.5 Å². The van der Waals surface area contributed by atoms with E-state index < -0.39 is 6.10 Å². The zero-order valence-corrected chi connectivity index (χ0v) is 10.1. The first-order chi connectivity index (χ1) is 8.15. The Labute approximate surface area is 104 Å². The minimum absolute atomic E-state index is 0.250. The van der Waals surface area contributed by atoms with Crippen LogP contribution in [0, 0.1) is 5.82 Å². The van der Waals surface area contributed by atoms with Crippen molar-refractivity contribution in [1.82, 2.24) is 4.98 Å². The Hall–Kier alpha value is -1.39. The third-order valence-electron chi connectivity index (χ3n) is 2.28. The summed E-state index contributed by atoms with van der Waals surface area (Å²) in [5.74, 6) is -0.250. The third-order valence-corrected chi connectivity index (χ3v) is 3.22. The molecule has 88 valence electrons. The standard InChI is InChI=1S/C13H12FNOS/c1-9(16)10-6-7-15-13(8-10)17-12-4-2-11(14)3-5-12/h2-9,16H,1H3/t9-/m1/s1. The van der Waals surface area contributed by atoms with Crippen LogP contribution in [0.25, 0.3) is 0 Å². The van der Waals surface area contributed by atoms with E-state index in [1.165, 1.54) is 23.9 Å². The van der Waals surface area contributed by atoms with Crippen LogP contribution in [-0.4, -0.2) is 10.1 Å². The van der Waals surface area contributed by atoms with Crippen LogP contribution in [0.3, 0.4) is 0 Å². The van der Waals surface area contributed by atoms with E-state index in [9.17, 15) is 9.50 Å². The molecule has 1 aromatic carbocycles. The van der Waals surface area contributed by atoms with Crippen molar-refractivity contribution in [1.29, 1.82) is 0 Å². The molecular formula is C13H12FNOS. The molecule has 0 aliphatic carbocycles. The van der Waals surface area contributed by atoms with Gasteiger partial charge in [0.1, 0.15) is 10.8 Å². The van der Waals surface area contributed by atoms with Gasteiger partial charge in [-0.1, -0.05) is 11.8 Å². The number of aliphatic hydroxyl groups excluding tert-OH is 1. The van der Waals surface area contributed by atoms with Crippen LogP contribution < -0.4 is 0 Å². The Morgan fingerprint density at radius 1 is 1.24 bits per heavy atom. The number of aliphatic hydroxyl groups is 1. The molecule has 2 rings (SSSR count). The van der Waals surface area contributed by atoms with Crippen molar-refractivity contribution in [3.63, 3.8) is 0 Å². The summed E-state index contributed by atoms with van der Waals surface area (Å²) < 4.78 is 12.7. The monoisotopic (exact) mass is 249 g/mol. The molecular weight excluding hydrogens is 237 g/mol. The summed E-state index contributed by atoms with van der Waals surface area (Å²) in [6, 6.07) is 9.85. The largest absolute Gasteiger partial charge is 0.389 e. The maximum atomic E-state index is 12.7. The highest BCUT2D eigenvalue weighted by Crippen LogP contribution is 2.27. The Kier molecular flexibility index (Phi) is 3.76. The van der Waals surface area contributed by atoms with Gasteiger partial charge in [-0.2, -0.15) is 0 Å². The van der Waals surface area contributed by atoms with Gasteiger partial charge in [-0.05, 0) is 48.9 Å². The van der Waals surface area contributed by atoms with Crippen LogP contribution in [0.2, 0.25) is 0 Å². The van der Waals surface area contributed by atoms with Crippen LogP contribution >= 0.6 is 11.8 Å². The Bertz CT molecular complexity index is 499. The lowest BCUT2D eigenvalue weighted by Gasteiger charge is -2.06. The van der Waals surface area contributed by atoms with Crippen molar-refractivity contribution in [3.05, 3.63) is 54.0 Å². The number of hydrogen-bond acceptors (Lipinski definition) is 3. The van der Waals surface area contributed by atoms with Crippen LogP contribution in [0.4, 0.5) is 4.39 Å². The summed E-state index contributed by atoms with van der Waals surface area (Å²) in [7, 11) is 0. The van der Waals surface area contributed by atoms with E-state index in [4.69, 9.17) is 0 Å². The zero-order valence-electron chi connectivity index (χ0n) is 9.30. The molecule has 0 fully saturated rings. The summed E-state index contributed by atoms with van der Waals surface area (Å²) in [6.45, 7) is 1.71. The van der Waals surface area contributed by atoms with Gasteiger partial charge in [-0.25, -0.2) is 9.37 Å².